The van der Waals surface area contributed by atoms with E-state index < -0.39 is 61.1 Å². The predicted molar refractivity (Wildman–Crippen MR) is 194 cm³/mol. The molecular formula is C43H46O11. The molecule has 3 aliphatic rings. The fraction of sp³-hybridized carbons (Fsp3) is 0.395. The molecule has 7 rings (SSSR count). The number of hydrogen-bond acceptors (Lipinski definition) is 11. The lowest BCUT2D eigenvalue weighted by molar-refractivity contribution is -0.343. The Labute approximate surface area is 315 Å². The fourth-order valence-electron chi connectivity index (χ4n) is 7.12. The average Bonchev–Trinajstić information content (AvgIpc) is 3.98. The highest BCUT2D eigenvalue weighted by atomic mass is 16.7. The van der Waals surface area contributed by atoms with Gasteiger partial charge in [0.2, 0.25) is 0 Å². The highest BCUT2D eigenvalue weighted by Crippen LogP contribution is 2.43. The third kappa shape index (κ3) is 9.99. The van der Waals surface area contributed by atoms with Crippen molar-refractivity contribution in [2.75, 3.05) is 6.61 Å². The van der Waals surface area contributed by atoms with Crippen molar-refractivity contribution in [1.29, 1.82) is 0 Å². The van der Waals surface area contributed by atoms with Gasteiger partial charge in [-0.05, 0) is 22.3 Å². The van der Waals surface area contributed by atoms with Gasteiger partial charge in [-0.15, -0.1) is 0 Å². The van der Waals surface area contributed by atoms with E-state index in [1.165, 1.54) is 6.92 Å². The van der Waals surface area contributed by atoms with Crippen LogP contribution in [0.15, 0.2) is 121 Å². The molecule has 0 unspecified atom stereocenters. The van der Waals surface area contributed by atoms with Crippen molar-refractivity contribution >= 4 is 12.4 Å². The highest BCUT2D eigenvalue weighted by molar-refractivity contribution is 5.66. The molecule has 1 saturated carbocycles. The number of fused-ring (bicyclic) bond motifs is 1. The minimum atomic E-state index is -1.07. The van der Waals surface area contributed by atoms with E-state index in [1.807, 2.05) is 121 Å². The van der Waals surface area contributed by atoms with Crippen LogP contribution in [0, 0.1) is 0 Å². The zero-order valence-corrected chi connectivity index (χ0v) is 30.1. The molecule has 4 aromatic carbocycles. The average molecular weight is 739 g/mol. The number of hydrogen-bond donors (Lipinski definition) is 0. The number of epoxide rings is 1. The smallest absolute Gasteiger partial charge is 0.303 e. The second-order valence-electron chi connectivity index (χ2n) is 13.6. The van der Waals surface area contributed by atoms with Gasteiger partial charge in [0.05, 0.1) is 39.1 Å². The van der Waals surface area contributed by atoms with Crippen molar-refractivity contribution in [3.05, 3.63) is 144 Å². The van der Waals surface area contributed by atoms with Gasteiger partial charge in [0.1, 0.15) is 42.7 Å². The summed E-state index contributed by atoms with van der Waals surface area (Å²) in [6.45, 7) is 2.90. The molecule has 2 aliphatic heterocycles. The first-order valence-electron chi connectivity index (χ1n) is 18.4. The van der Waals surface area contributed by atoms with Gasteiger partial charge in [-0.2, -0.15) is 0 Å². The molecule has 0 aromatic heterocycles. The van der Waals surface area contributed by atoms with Gasteiger partial charge in [-0.3, -0.25) is 9.59 Å². The molecule has 11 heteroatoms. The van der Waals surface area contributed by atoms with Crippen molar-refractivity contribution in [2.24, 2.45) is 0 Å². The summed E-state index contributed by atoms with van der Waals surface area (Å²) in [7, 11) is 0. The molecule has 54 heavy (non-hydrogen) atoms. The van der Waals surface area contributed by atoms with Gasteiger partial charge in [-0.1, -0.05) is 121 Å². The summed E-state index contributed by atoms with van der Waals surface area (Å²) in [5, 5.41) is 0. The van der Waals surface area contributed by atoms with Gasteiger partial charge in [-0.25, -0.2) is 0 Å². The zero-order valence-electron chi connectivity index (χ0n) is 30.1. The molecule has 0 spiro atoms. The summed E-state index contributed by atoms with van der Waals surface area (Å²) < 4.78 is 57.4. The number of carbonyl (C=O) groups is 2. The molecule has 10 atom stereocenters. The molecule has 4 aromatic rings. The van der Waals surface area contributed by atoms with Gasteiger partial charge in [0.15, 0.2) is 12.4 Å². The van der Waals surface area contributed by atoms with Crippen LogP contribution in [0.1, 0.15) is 35.6 Å². The first kappa shape index (κ1) is 37.8. The molecule has 2 saturated heterocycles. The van der Waals surface area contributed by atoms with Crippen LogP contribution >= 0.6 is 0 Å². The lowest BCUT2D eigenvalue weighted by Gasteiger charge is -2.47. The first-order chi connectivity index (χ1) is 26.6. The van der Waals surface area contributed by atoms with E-state index in [4.69, 9.17) is 42.6 Å². The molecule has 0 N–H and O–H groups in total. The van der Waals surface area contributed by atoms with E-state index in [-0.39, 0.29) is 32.5 Å². The number of carbonyl (C=O) groups excluding carboxylic acids is 2. The Morgan fingerprint density at radius 3 is 1.65 bits per heavy atom. The number of ether oxygens (including phenoxy) is 9. The Balaban J connectivity index is 1.22. The van der Waals surface area contributed by atoms with E-state index >= 15 is 0 Å². The van der Waals surface area contributed by atoms with E-state index in [1.54, 1.807) is 0 Å². The monoisotopic (exact) mass is 738 g/mol. The van der Waals surface area contributed by atoms with Crippen LogP contribution in [0.2, 0.25) is 0 Å². The molecule has 3 fully saturated rings. The summed E-state index contributed by atoms with van der Waals surface area (Å²) in [5.74, 6) is -0.501. The van der Waals surface area contributed by atoms with E-state index in [0.717, 1.165) is 22.3 Å². The van der Waals surface area contributed by atoms with Crippen LogP contribution < -0.4 is 0 Å². The van der Waals surface area contributed by atoms with E-state index in [9.17, 15) is 9.59 Å². The largest absolute Gasteiger partial charge is 0.458 e. The lowest BCUT2D eigenvalue weighted by atomic mass is 9.91. The van der Waals surface area contributed by atoms with Crippen molar-refractivity contribution in [2.45, 2.75) is 101 Å². The zero-order chi connectivity index (χ0) is 37.1. The van der Waals surface area contributed by atoms with Crippen LogP contribution in [0.25, 0.3) is 0 Å². The fourth-order valence-corrected chi connectivity index (χ4v) is 7.12. The van der Waals surface area contributed by atoms with Crippen molar-refractivity contribution in [3.8, 4) is 0 Å². The SMILES string of the molecule is CC(=O)O[C@H]1C[C@@H]2O[C@@H]2[C@@H](O[C@H]2O[C@H](COCc3ccccc3)[C@@H](OCc3ccccc3)[C@H](OCc3ccccc3)[C@H]2OCc2ccccc2)[C@H]1OC=O. The highest BCUT2D eigenvalue weighted by Gasteiger charge is 2.60. The Hall–Kier alpha value is -4.46. The lowest BCUT2D eigenvalue weighted by Crippen LogP contribution is -2.63. The first-order valence-corrected chi connectivity index (χ1v) is 18.4. The topological polar surface area (TPSA) is 121 Å². The normalized spacial score (nSPS) is 28.8. The minimum absolute atomic E-state index is 0.141. The summed E-state index contributed by atoms with van der Waals surface area (Å²) in [5.41, 5.74) is 3.89. The summed E-state index contributed by atoms with van der Waals surface area (Å²) in [6, 6.07) is 39.4. The van der Waals surface area contributed by atoms with Crippen LogP contribution in [-0.4, -0.2) is 80.3 Å². The van der Waals surface area contributed by atoms with Crippen LogP contribution in [0.4, 0.5) is 0 Å². The van der Waals surface area contributed by atoms with Crippen molar-refractivity contribution in [1.82, 2.24) is 0 Å². The number of esters is 1. The molecule has 0 bridgehead atoms. The Morgan fingerprint density at radius 2 is 1.13 bits per heavy atom. The number of rotatable bonds is 18. The molecular weight excluding hydrogens is 692 g/mol. The maximum Gasteiger partial charge on any atom is 0.303 e. The second-order valence-corrected chi connectivity index (χ2v) is 13.6. The summed E-state index contributed by atoms with van der Waals surface area (Å²) in [6.07, 6.45) is -6.84. The molecule has 11 nitrogen and oxygen atoms in total. The Kier molecular flexibility index (Phi) is 13.1. The Bertz CT molecular complexity index is 1730. The molecule has 2 heterocycles. The van der Waals surface area contributed by atoms with Gasteiger partial charge in [0.25, 0.3) is 6.47 Å². The van der Waals surface area contributed by atoms with Gasteiger partial charge < -0.3 is 42.6 Å². The van der Waals surface area contributed by atoms with Crippen LogP contribution in [-0.2, 0) is 78.6 Å². The third-order valence-corrected chi connectivity index (χ3v) is 9.76. The van der Waals surface area contributed by atoms with Crippen molar-refractivity contribution in [3.63, 3.8) is 0 Å². The second kappa shape index (κ2) is 18.7. The van der Waals surface area contributed by atoms with E-state index in [2.05, 4.69) is 0 Å². The minimum Gasteiger partial charge on any atom is -0.458 e. The van der Waals surface area contributed by atoms with E-state index in [0.29, 0.717) is 19.5 Å². The maximum absolute atomic E-state index is 12.1. The molecule has 0 radical (unpaired) electrons. The molecule has 0 amide bonds. The standard InChI is InChI=1S/C43H46O11/c1-29(45)51-34-22-35-39(52-35)41(37(34)50-28-44)54-43-42(49-26-33-20-12-5-13-21-33)40(48-25-32-18-10-4-11-19-32)38(47-24-31-16-8-3-9-17-31)36(53-43)27-46-23-30-14-6-2-7-15-30/h2-21,28,34-43H,22-27H2,1H3/t34-,35-,36+,37-,38+,39-,40-,41-,42+,43+/m0/s1. The predicted octanol–water partition coefficient (Wildman–Crippen LogP) is 5.71. The van der Waals surface area contributed by atoms with Crippen LogP contribution in [0.5, 0.6) is 0 Å². The van der Waals surface area contributed by atoms with Crippen molar-refractivity contribution < 1.29 is 52.2 Å². The summed E-state index contributed by atoms with van der Waals surface area (Å²) >= 11 is 0. The van der Waals surface area contributed by atoms with Gasteiger partial charge >= 0.3 is 5.97 Å². The third-order valence-electron chi connectivity index (χ3n) is 9.76. The maximum atomic E-state index is 12.1. The summed E-state index contributed by atoms with van der Waals surface area (Å²) in [4.78, 5) is 23.9. The molecule has 284 valence electrons. The van der Waals surface area contributed by atoms with Gasteiger partial charge in [0, 0.05) is 13.3 Å². The molecule has 1 aliphatic carbocycles. The number of benzene rings is 4. The van der Waals surface area contributed by atoms with Crippen LogP contribution in [0.3, 0.4) is 0 Å². The Morgan fingerprint density at radius 1 is 0.630 bits per heavy atom. The quantitative estimate of drug-likeness (QED) is 0.0709.